The third-order valence-corrected chi connectivity index (χ3v) is 5.64. The molecule has 1 aromatic carbocycles. The van der Waals surface area contributed by atoms with Crippen molar-refractivity contribution in [3.8, 4) is 11.1 Å². The van der Waals surface area contributed by atoms with Gasteiger partial charge in [-0.25, -0.2) is 4.98 Å². The Morgan fingerprint density at radius 3 is 2.30 bits per heavy atom. The highest BCUT2D eigenvalue weighted by atomic mass is 32.2. The second-order valence-corrected chi connectivity index (χ2v) is 8.67. The maximum atomic E-state index is 12.4. The van der Waals surface area contributed by atoms with Gasteiger partial charge in [0, 0.05) is 11.8 Å². The molecule has 1 aromatic heterocycles. The van der Waals surface area contributed by atoms with Crippen LogP contribution in [0.3, 0.4) is 0 Å². The Balaban J connectivity index is 2.11. The van der Waals surface area contributed by atoms with Crippen molar-refractivity contribution >= 4 is 22.9 Å². The quantitative estimate of drug-likeness (QED) is 0.852. The van der Waals surface area contributed by atoms with E-state index in [1.807, 2.05) is 50.2 Å². The first-order chi connectivity index (χ1) is 10.8. The Bertz CT molecular complexity index is 654. The van der Waals surface area contributed by atoms with Gasteiger partial charge in [0.25, 0.3) is 5.91 Å². The van der Waals surface area contributed by atoms with Crippen molar-refractivity contribution in [1.82, 2.24) is 4.98 Å². The smallest absolute Gasteiger partial charge is 0.281 e. The minimum absolute atomic E-state index is 0.0795. The van der Waals surface area contributed by atoms with E-state index in [1.54, 1.807) is 26.1 Å². The fraction of sp³-hybridized carbons (Fsp3) is 0.333. The summed E-state index contributed by atoms with van der Waals surface area (Å²) in [6.45, 7) is 7.07. The summed E-state index contributed by atoms with van der Waals surface area (Å²) in [5, 5.41) is 2.67. The highest BCUT2D eigenvalue weighted by molar-refractivity contribution is 7.94. The van der Waals surface area contributed by atoms with E-state index < -0.39 is 15.9 Å². The molecule has 0 saturated heterocycles. The molecule has 0 radical (unpaired) electrons. The number of aromatic nitrogens is 1. The van der Waals surface area contributed by atoms with E-state index in [0.29, 0.717) is 5.82 Å². The first-order valence-electron chi connectivity index (χ1n) is 7.56. The molecule has 23 heavy (non-hydrogen) atoms. The first kappa shape index (κ1) is 17.5. The van der Waals surface area contributed by atoms with Crippen molar-refractivity contribution in [2.45, 2.75) is 37.7 Å². The van der Waals surface area contributed by atoms with Gasteiger partial charge in [0.05, 0.1) is 0 Å². The Morgan fingerprint density at radius 1 is 1.13 bits per heavy atom. The molecule has 0 aliphatic carbocycles. The summed E-state index contributed by atoms with van der Waals surface area (Å²) in [4.78, 5) is 16.7. The van der Waals surface area contributed by atoms with Crippen LogP contribution in [0.5, 0.6) is 0 Å². The number of anilines is 1. The summed E-state index contributed by atoms with van der Waals surface area (Å²) in [5.74, 6) is 0.174. The minimum atomic E-state index is -1.26. The van der Waals surface area contributed by atoms with Gasteiger partial charge in [-0.1, -0.05) is 30.3 Å². The predicted molar refractivity (Wildman–Crippen MR) is 95.7 cm³/mol. The zero-order valence-electron chi connectivity index (χ0n) is 13.9. The monoisotopic (exact) mass is 330 g/mol. The second-order valence-electron chi connectivity index (χ2n) is 6.11. The van der Waals surface area contributed by atoms with E-state index in [1.165, 1.54) is 0 Å². The van der Waals surface area contributed by atoms with Gasteiger partial charge < -0.3 is 9.87 Å². The molecule has 0 saturated carbocycles. The molecule has 2 aromatic rings. The lowest BCUT2D eigenvalue weighted by molar-refractivity contribution is -0.117. The Hall–Kier alpha value is -1.85. The number of nitrogens with one attached hydrogen (secondary N) is 1. The van der Waals surface area contributed by atoms with Crippen molar-refractivity contribution < 1.29 is 9.35 Å². The van der Waals surface area contributed by atoms with E-state index in [0.717, 1.165) is 11.1 Å². The van der Waals surface area contributed by atoms with Crippen molar-refractivity contribution in [2.75, 3.05) is 5.32 Å². The van der Waals surface area contributed by atoms with Gasteiger partial charge in [0.15, 0.2) is 4.75 Å². The summed E-state index contributed by atoms with van der Waals surface area (Å²) in [6.07, 6.45) is 1.72. The molecule has 1 heterocycles. The highest BCUT2D eigenvalue weighted by Crippen LogP contribution is 2.24. The Morgan fingerprint density at radius 2 is 1.78 bits per heavy atom. The lowest BCUT2D eigenvalue weighted by Crippen LogP contribution is -2.47. The van der Waals surface area contributed by atoms with Gasteiger partial charge in [-0.05, 0) is 56.6 Å². The van der Waals surface area contributed by atoms with E-state index in [9.17, 15) is 9.35 Å². The van der Waals surface area contributed by atoms with Crippen LogP contribution >= 0.6 is 0 Å². The normalized spacial score (nSPS) is 13.0. The molecule has 0 spiro atoms. The molecule has 1 unspecified atom stereocenters. The second kappa shape index (κ2) is 7.15. The number of nitrogens with zero attached hydrogens (tertiary/aromatic N) is 1. The Labute approximate surface area is 140 Å². The molecular formula is C18H22N2O2S. The zero-order valence-corrected chi connectivity index (χ0v) is 14.7. The van der Waals surface area contributed by atoms with Crippen molar-refractivity contribution in [3.63, 3.8) is 0 Å². The summed E-state index contributed by atoms with van der Waals surface area (Å²) in [6, 6.07) is 13.6. The molecule has 0 bridgehead atoms. The van der Waals surface area contributed by atoms with Gasteiger partial charge in [-0.15, -0.1) is 0 Å². The van der Waals surface area contributed by atoms with Gasteiger partial charge in [0.1, 0.15) is 11.1 Å². The van der Waals surface area contributed by atoms with Crippen LogP contribution < -0.4 is 5.32 Å². The number of hydrogen-bond acceptors (Lipinski definition) is 3. The van der Waals surface area contributed by atoms with E-state index in [-0.39, 0.29) is 11.2 Å². The van der Waals surface area contributed by atoms with Gasteiger partial charge in [-0.3, -0.25) is 4.79 Å². The average molecular weight is 330 g/mol. The molecule has 0 aliphatic heterocycles. The minimum Gasteiger partial charge on any atom is -0.615 e. The number of carbonyl (C=O) groups is 1. The molecule has 2 rings (SSSR count). The third kappa shape index (κ3) is 4.12. The number of pyridine rings is 1. The number of rotatable bonds is 5. The highest BCUT2D eigenvalue weighted by Gasteiger charge is 2.41. The van der Waals surface area contributed by atoms with Crippen LogP contribution in [0.4, 0.5) is 5.82 Å². The number of hydrogen-bond donors (Lipinski definition) is 1. The molecule has 1 N–H and O–H groups in total. The van der Waals surface area contributed by atoms with Crippen LogP contribution in [0.1, 0.15) is 27.7 Å². The molecule has 0 aliphatic rings. The fourth-order valence-electron chi connectivity index (χ4n) is 2.22. The number of benzene rings is 1. The van der Waals surface area contributed by atoms with E-state index >= 15 is 0 Å². The van der Waals surface area contributed by atoms with Crippen molar-refractivity contribution in [1.29, 1.82) is 0 Å². The molecular weight excluding hydrogens is 308 g/mol. The van der Waals surface area contributed by atoms with Crippen molar-refractivity contribution in [3.05, 3.63) is 48.7 Å². The van der Waals surface area contributed by atoms with Crippen LogP contribution in [0.25, 0.3) is 11.1 Å². The number of carbonyl (C=O) groups excluding carboxylic acids is 1. The van der Waals surface area contributed by atoms with Gasteiger partial charge in [-0.2, -0.15) is 0 Å². The number of amides is 1. The van der Waals surface area contributed by atoms with Crippen LogP contribution in [0.2, 0.25) is 0 Å². The summed E-state index contributed by atoms with van der Waals surface area (Å²) < 4.78 is 11.3. The van der Waals surface area contributed by atoms with Gasteiger partial charge in [0.2, 0.25) is 0 Å². The van der Waals surface area contributed by atoms with Crippen LogP contribution in [-0.4, -0.2) is 25.4 Å². The van der Waals surface area contributed by atoms with E-state index in [2.05, 4.69) is 10.3 Å². The Kier molecular flexibility index (Phi) is 5.44. The lowest BCUT2D eigenvalue weighted by atomic mass is 10.1. The predicted octanol–water partition coefficient (Wildman–Crippen LogP) is 3.62. The fourth-order valence-corrected chi connectivity index (χ4v) is 3.63. The molecule has 1 atom stereocenters. The van der Waals surface area contributed by atoms with Gasteiger partial charge >= 0.3 is 0 Å². The molecule has 5 heteroatoms. The van der Waals surface area contributed by atoms with Crippen LogP contribution in [0, 0.1) is 0 Å². The standard InChI is InChI=1S/C18H22N2O2S/c1-13(2)23(22)18(3,4)17(21)20-16-11-10-15(12-19-16)14-8-6-5-7-9-14/h5-13H,1-4H3,(H,19,20,21). The largest absolute Gasteiger partial charge is 0.615 e. The maximum absolute atomic E-state index is 12.4. The average Bonchev–Trinajstić information content (AvgIpc) is 2.55. The topological polar surface area (TPSA) is 65.0 Å². The van der Waals surface area contributed by atoms with Crippen LogP contribution in [-0.2, 0) is 16.0 Å². The summed E-state index contributed by atoms with van der Waals surface area (Å²) >= 11 is -1.26. The van der Waals surface area contributed by atoms with Crippen molar-refractivity contribution in [2.24, 2.45) is 0 Å². The molecule has 1 amide bonds. The SMILES string of the molecule is CC(C)[S+]([O-])C(C)(C)C(=O)Nc1ccc(-c2ccccc2)cn1. The molecule has 0 fully saturated rings. The maximum Gasteiger partial charge on any atom is 0.281 e. The third-order valence-electron chi connectivity index (χ3n) is 3.59. The summed E-state index contributed by atoms with van der Waals surface area (Å²) in [7, 11) is 0. The van der Waals surface area contributed by atoms with Crippen LogP contribution in [0.15, 0.2) is 48.7 Å². The molecule has 4 nitrogen and oxygen atoms in total. The zero-order chi connectivity index (χ0) is 17.0. The summed E-state index contributed by atoms with van der Waals surface area (Å²) in [5.41, 5.74) is 2.05. The molecule has 122 valence electrons. The lowest BCUT2D eigenvalue weighted by Gasteiger charge is -2.29. The van der Waals surface area contributed by atoms with E-state index in [4.69, 9.17) is 0 Å². The first-order valence-corrected chi connectivity index (χ1v) is 8.77.